The maximum Gasteiger partial charge on any atom is 0.236 e. The minimum Gasteiger partial charge on any atom is -0.470 e. The average molecular weight is 397 g/mol. The second-order valence-electron chi connectivity index (χ2n) is 8.56. The van der Waals surface area contributed by atoms with E-state index in [2.05, 4.69) is 21.2 Å². The lowest BCUT2D eigenvalue weighted by molar-refractivity contribution is 0.270. The van der Waals surface area contributed by atoms with E-state index in [0.29, 0.717) is 12.5 Å². The summed E-state index contributed by atoms with van der Waals surface area (Å²) in [5, 5.41) is 13.8. The van der Waals surface area contributed by atoms with Crippen molar-refractivity contribution in [2.45, 2.75) is 44.1 Å². The number of hydrogen-bond acceptors (Lipinski definition) is 5. The molecule has 6 rings (SSSR count). The van der Waals surface area contributed by atoms with Gasteiger partial charge in [0.25, 0.3) is 0 Å². The summed E-state index contributed by atoms with van der Waals surface area (Å²) < 4.78 is 8.11. The van der Waals surface area contributed by atoms with Crippen LogP contribution < -0.4 is 4.74 Å². The predicted octanol–water partition coefficient (Wildman–Crippen LogP) is 4.60. The Kier molecular flexibility index (Phi) is 4.04. The van der Waals surface area contributed by atoms with Gasteiger partial charge in [-0.2, -0.15) is 4.52 Å². The van der Waals surface area contributed by atoms with Gasteiger partial charge in [0.15, 0.2) is 11.5 Å². The van der Waals surface area contributed by atoms with Gasteiger partial charge in [-0.3, -0.25) is 4.98 Å². The molecule has 0 atom stereocenters. The molecule has 3 aromatic heterocycles. The minimum atomic E-state index is 0.164. The van der Waals surface area contributed by atoms with Gasteiger partial charge < -0.3 is 4.74 Å². The predicted molar refractivity (Wildman–Crippen MR) is 113 cm³/mol. The lowest BCUT2D eigenvalue weighted by atomic mass is 9.78. The largest absolute Gasteiger partial charge is 0.470 e. The number of pyridine rings is 1. The van der Waals surface area contributed by atoms with E-state index in [0.717, 1.165) is 28.6 Å². The molecule has 0 radical (unpaired) electrons. The zero-order valence-corrected chi connectivity index (χ0v) is 16.7. The molecule has 0 aliphatic heterocycles. The topological polar surface area (TPSA) is 65.2 Å². The van der Waals surface area contributed by atoms with Crippen molar-refractivity contribution in [2.24, 2.45) is 5.92 Å². The van der Waals surface area contributed by atoms with Gasteiger partial charge in [0, 0.05) is 22.7 Å². The Morgan fingerprint density at radius 1 is 1.00 bits per heavy atom. The van der Waals surface area contributed by atoms with E-state index in [1.807, 2.05) is 53.0 Å². The van der Waals surface area contributed by atoms with Crippen LogP contribution in [0.1, 0.15) is 43.4 Å². The second kappa shape index (κ2) is 6.90. The fraction of sp³-hybridized carbons (Fsp3) is 0.333. The zero-order chi connectivity index (χ0) is 20.0. The molecular formula is C24H23N5O. The van der Waals surface area contributed by atoms with E-state index < -0.39 is 0 Å². The van der Waals surface area contributed by atoms with Crippen molar-refractivity contribution in [3.63, 3.8) is 0 Å². The number of hydrogen-bond donors (Lipinski definition) is 0. The smallest absolute Gasteiger partial charge is 0.236 e. The molecule has 4 aromatic rings. The van der Waals surface area contributed by atoms with Crippen LogP contribution in [-0.2, 0) is 12.0 Å². The Morgan fingerprint density at radius 3 is 2.57 bits per heavy atom. The van der Waals surface area contributed by atoms with E-state index >= 15 is 0 Å². The molecule has 0 spiro atoms. The van der Waals surface area contributed by atoms with Crippen molar-refractivity contribution in [3.05, 3.63) is 72.1 Å². The third-order valence-electron chi connectivity index (χ3n) is 6.79. The lowest BCUT2D eigenvalue weighted by Crippen LogP contribution is -2.22. The maximum atomic E-state index is 6.30. The Hall–Kier alpha value is -3.28. The third kappa shape index (κ3) is 2.86. The molecule has 2 fully saturated rings. The molecule has 6 heteroatoms. The number of aromatic nitrogens is 5. The van der Waals surface area contributed by atoms with Crippen molar-refractivity contribution >= 4 is 5.65 Å². The number of rotatable bonds is 5. The summed E-state index contributed by atoms with van der Waals surface area (Å²) in [6.07, 6.45) is 8.02. The van der Waals surface area contributed by atoms with Crippen LogP contribution in [0, 0.1) is 5.92 Å². The van der Waals surface area contributed by atoms with Crippen LogP contribution >= 0.6 is 0 Å². The molecule has 1 aromatic carbocycles. The minimum absolute atomic E-state index is 0.164. The van der Waals surface area contributed by atoms with Crippen LogP contribution in [-0.4, -0.2) is 24.8 Å². The average Bonchev–Trinajstić information content (AvgIpc) is 3.53. The quantitative estimate of drug-likeness (QED) is 0.492. The van der Waals surface area contributed by atoms with Crippen molar-refractivity contribution in [2.75, 3.05) is 0 Å². The van der Waals surface area contributed by atoms with Crippen LogP contribution in [0.3, 0.4) is 0 Å². The van der Waals surface area contributed by atoms with E-state index in [4.69, 9.17) is 9.84 Å². The molecule has 2 saturated carbocycles. The molecule has 2 aliphatic carbocycles. The van der Waals surface area contributed by atoms with Crippen LogP contribution in [0.25, 0.3) is 17.0 Å². The number of fused-ring (bicyclic) bond motifs is 3. The maximum absolute atomic E-state index is 6.30. The number of benzene rings is 1. The van der Waals surface area contributed by atoms with E-state index in [1.54, 1.807) is 6.20 Å². The van der Waals surface area contributed by atoms with Gasteiger partial charge in [0.2, 0.25) is 5.88 Å². The molecule has 0 amide bonds. The molecule has 0 N–H and O–H groups in total. The normalized spacial score (nSPS) is 22.6. The number of nitrogens with zero attached hydrogens (tertiary/aromatic N) is 5. The third-order valence-corrected chi connectivity index (χ3v) is 6.79. The van der Waals surface area contributed by atoms with Gasteiger partial charge in [0.1, 0.15) is 6.61 Å². The Labute approximate surface area is 175 Å². The van der Waals surface area contributed by atoms with Crippen LogP contribution in [0.4, 0.5) is 0 Å². The van der Waals surface area contributed by atoms with Gasteiger partial charge in [-0.25, -0.2) is 0 Å². The molecule has 6 nitrogen and oxygen atoms in total. The summed E-state index contributed by atoms with van der Waals surface area (Å²) in [5.74, 6) is 2.25. The molecule has 3 heterocycles. The highest BCUT2D eigenvalue weighted by Gasteiger charge is 2.48. The highest BCUT2D eigenvalue weighted by atomic mass is 16.5. The molecule has 0 unspecified atom stereocenters. The van der Waals surface area contributed by atoms with Crippen molar-refractivity contribution in [3.8, 4) is 17.3 Å². The van der Waals surface area contributed by atoms with Gasteiger partial charge in [-0.15, -0.1) is 15.3 Å². The van der Waals surface area contributed by atoms with E-state index in [9.17, 15) is 0 Å². The monoisotopic (exact) mass is 397 g/mol. The molecular weight excluding hydrogens is 374 g/mol. The SMILES string of the molecule is c1ccc(-c2nnc3cc(C45CCC(CC4)C5)c(OCc4ccccn4)nn23)cc1. The van der Waals surface area contributed by atoms with Crippen molar-refractivity contribution < 1.29 is 4.74 Å². The molecule has 0 saturated heterocycles. The van der Waals surface area contributed by atoms with E-state index in [-0.39, 0.29) is 5.41 Å². The first kappa shape index (κ1) is 17.6. The summed E-state index contributed by atoms with van der Waals surface area (Å²) in [6, 6.07) is 18.1. The first-order valence-electron chi connectivity index (χ1n) is 10.7. The Morgan fingerprint density at radius 2 is 1.83 bits per heavy atom. The van der Waals surface area contributed by atoms with E-state index in [1.165, 1.54) is 37.7 Å². The zero-order valence-electron chi connectivity index (χ0n) is 16.7. The summed E-state index contributed by atoms with van der Waals surface area (Å²) in [6.45, 7) is 0.397. The summed E-state index contributed by atoms with van der Waals surface area (Å²) >= 11 is 0. The first-order chi connectivity index (χ1) is 14.8. The van der Waals surface area contributed by atoms with Gasteiger partial charge >= 0.3 is 0 Å². The summed E-state index contributed by atoms with van der Waals surface area (Å²) in [7, 11) is 0. The standard InChI is InChI=1S/C24H23N5O/c1-2-6-18(7-3-1)22-27-26-21-14-20(24-11-9-17(15-24)10-12-24)23(28-29(21)22)30-16-19-8-4-5-13-25-19/h1-8,13-14,17H,9-12,15-16H2. The lowest BCUT2D eigenvalue weighted by Gasteiger charge is -2.28. The molecule has 2 aliphatic rings. The molecule has 30 heavy (non-hydrogen) atoms. The summed E-state index contributed by atoms with van der Waals surface area (Å²) in [5.41, 5.74) is 4.01. The van der Waals surface area contributed by atoms with Gasteiger partial charge in [0.05, 0.1) is 5.69 Å². The van der Waals surface area contributed by atoms with Gasteiger partial charge in [-0.1, -0.05) is 36.4 Å². The Balaban J connectivity index is 1.46. The van der Waals surface area contributed by atoms with Crippen LogP contribution in [0.5, 0.6) is 5.88 Å². The fourth-order valence-electron chi connectivity index (χ4n) is 5.27. The highest BCUT2D eigenvalue weighted by Crippen LogP contribution is 2.57. The van der Waals surface area contributed by atoms with Gasteiger partial charge in [-0.05, 0) is 56.2 Å². The number of ether oxygens (including phenoxy) is 1. The van der Waals surface area contributed by atoms with Crippen molar-refractivity contribution in [1.82, 2.24) is 24.8 Å². The second-order valence-corrected chi connectivity index (χ2v) is 8.56. The fourth-order valence-corrected chi connectivity index (χ4v) is 5.27. The molecule has 2 bridgehead atoms. The highest BCUT2D eigenvalue weighted by molar-refractivity contribution is 5.60. The Bertz CT molecular complexity index is 1180. The van der Waals surface area contributed by atoms with Crippen LogP contribution in [0.2, 0.25) is 0 Å². The molecule has 150 valence electrons. The van der Waals surface area contributed by atoms with Crippen molar-refractivity contribution in [1.29, 1.82) is 0 Å². The van der Waals surface area contributed by atoms with Crippen LogP contribution in [0.15, 0.2) is 60.8 Å². The first-order valence-corrected chi connectivity index (χ1v) is 10.7. The summed E-state index contributed by atoms with van der Waals surface area (Å²) in [4.78, 5) is 4.40.